The maximum Gasteiger partial charge on any atom is 0.322 e. The summed E-state index contributed by atoms with van der Waals surface area (Å²) < 4.78 is 10.6. The molecule has 0 bridgehead atoms. The Morgan fingerprint density at radius 1 is 1.25 bits per heavy atom. The number of aliphatic carboxylic acids is 1. The van der Waals surface area contributed by atoms with E-state index < -0.39 is 5.97 Å². The van der Waals surface area contributed by atoms with E-state index in [1.54, 1.807) is 14.2 Å². The summed E-state index contributed by atoms with van der Waals surface area (Å²) in [6.45, 7) is -0.215. The molecular formula is C16H15N3O4S. The molecule has 2 N–H and O–H groups in total. The average molecular weight is 345 g/mol. The van der Waals surface area contributed by atoms with Crippen molar-refractivity contribution in [1.82, 2.24) is 9.97 Å². The van der Waals surface area contributed by atoms with Gasteiger partial charge in [0, 0.05) is 10.9 Å². The smallest absolute Gasteiger partial charge is 0.322 e. The molecule has 7 nitrogen and oxygen atoms in total. The van der Waals surface area contributed by atoms with Crippen LogP contribution >= 0.6 is 11.3 Å². The number of anilines is 1. The molecule has 8 heteroatoms. The van der Waals surface area contributed by atoms with E-state index in [0.717, 1.165) is 21.3 Å². The Labute approximate surface area is 141 Å². The minimum Gasteiger partial charge on any atom is -0.493 e. The standard InChI is InChI=1S/C16H15N3O4S/c1-22-11-4-3-9(5-12(11)23-2)10-7-24-16-14(10)15(18-8-19-16)17-6-13(20)21/h3-5,7-8H,6H2,1-2H3,(H,20,21)(H,17,18,19). The maximum absolute atomic E-state index is 10.8. The molecule has 3 rings (SSSR count). The maximum atomic E-state index is 10.8. The Balaban J connectivity index is 2.11. The van der Waals surface area contributed by atoms with Gasteiger partial charge in [-0.05, 0) is 17.7 Å². The number of nitrogens with zero attached hydrogens (tertiary/aromatic N) is 2. The van der Waals surface area contributed by atoms with Crippen molar-refractivity contribution in [1.29, 1.82) is 0 Å². The molecule has 0 unspecified atom stereocenters. The summed E-state index contributed by atoms with van der Waals surface area (Å²) in [6.07, 6.45) is 1.42. The fourth-order valence-corrected chi connectivity index (χ4v) is 3.30. The molecule has 0 aliphatic rings. The molecule has 1 aromatic carbocycles. The van der Waals surface area contributed by atoms with Gasteiger partial charge in [-0.15, -0.1) is 11.3 Å². The number of aromatic nitrogens is 2. The lowest BCUT2D eigenvalue weighted by Crippen LogP contribution is -2.13. The first-order chi connectivity index (χ1) is 11.6. The first-order valence-electron chi connectivity index (χ1n) is 7.04. The number of carbonyl (C=O) groups is 1. The lowest BCUT2D eigenvalue weighted by molar-refractivity contribution is -0.134. The average Bonchev–Trinajstić information content (AvgIpc) is 3.04. The summed E-state index contributed by atoms with van der Waals surface area (Å²) >= 11 is 1.47. The van der Waals surface area contributed by atoms with Crippen LogP contribution in [-0.4, -0.2) is 41.8 Å². The van der Waals surface area contributed by atoms with Crippen LogP contribution in [0.15, 0.2) is 29.9 Å². The molecular weight excluding hydrogens is 330 g/mol. The number of carboxylic acid groups (broad SMARTS) is 1. The minimum absolute atomic E-state index is 0.215. The highest BCUT2D eigenvalue weighted by atomic mass is 32.1. The molecule has 0 spiro atoms. The van der Waals surface area contributed by atoms with Gasteiger partial charge in [-0.2, -0.15) is 0 Å². The van der Waals surface area contributed by atoms with E-state index in [1.165, 1.54) is 17.7 Å². The SMILES string of the molecule is COc1ccc(-c2csc3ncnc(NCC(=O)O)c23)cc1OC. The molecule has 3 aromatic rings. The van der Waals surface area contributed by atoms with Gasteiger partial charge in [0.15, 0.2) is 11.5 Å². The van der Waals surface area contributed by atoms with Crippen molar-refractivity contribution in [3.05, 3.63) is 29.9 Å². The zero-order valence-corrected chi connectivity index (χ0v) is 13.9. The first-order valence-corrected chi connectivity index (χ1v) is 7.92. The van der Waals surface area contributed by atoms with Crippen LogP contribution < -0.4 is 14.8 Å². The number of fused-ring (bicyclic) bond motifs is 1. The number of thiophene rings is 1. The van der Waals surface area contributed by atoms with Crippen LogP contribution in [0, 0.1) is 0 Å². The fourth-order valence-electron chi connectivity index (χ4n) is 2.38. The number of hydrogen-bond acceptors (Lipinski definition) is 7. The molecule has 2 heterocycles. The van der Waals surface area contributed by atoms with Crippen LogP contribution in [0.5, 0.6) is 11.5 Å². The van der Waals surface area contributed by atoms with E-state index in [4.69, 9.17) is 14.6 Å². The number of rotatable bonds is 6. The third kappa shape index (κ3) is 2.95. The van der Waals surface area contributed by atoms with Gasteiger partial charge in [-0.3, -0.25) is 4.79 Å². The van der Waals surface area contributed by atoms with Crippen LogP contribution in [0.2, 0.25) is 0 Å². The molecule has 0 radical (unpaired) electrons. The molecule has 0 saturated carbocycles. The van der Waals surface area contributed by atoms with E-state index in [9.17, 15) is 4.79 Å². The summed E-state index contributed by atoms with van der Waals surface area (Å²) in [5.74, 6) is 0.797. The normalized spacial score (nSPS) is 10.6. The fraction of sp³-hybridized carbons (Fsp3) is 0.188. The van der Waals surface area contributed by atoms with Crippen molar-refractivity contribution in [3.63, 3.8) is 0 Å². The molecule has 0 fully saturated rings. The highest BCUT2D eigenvalue weighted by Crippen LogP contribution is 2.39. The second-order valence-electron chi connectivity index (χ2n) is 4.87. The molecule has 2 aromatic heterocycles. The van der Waals surface area contributed by atoms with Gasteiger partial charge in [0.05, 0.1) is 19.6 Å². The zero-order valence-electron chi connectivity index (χ0n) is 13.1. The van der Waals surface area contributed by atoms with Crippen molar-refractivity contribution < 1.29 is 19.4 Å². The Morgan fingerprint density at radius 2 is 2.04 bits per heavy atom. The molecule has 24 heavy (non-hydrogen) atoms. The van der Waals surface area contributed by atoms with E-state index in [-0.39, 0.29) is 6.54 Å². The van der Waals surface area contributed by atoms with Gasteiger partial charge < -0.3 is 19.9 Å². The van der Waals surface area contributed by atoms with Crippen LogP contribution in [0.3, 0.4) is 0 Å². The van der Waals surface area contributed by atoms with Gasteiger partial charge in [0.2, 0.25) is 0 Å². The topological polar surface area (TPSA) is 93.6 Å². The highest BCUT2D eigenvalue weighted by molar-refractivity contribution is 7.17. The lowest BCUT2D eigenvalue weighted by Gasteiger charge is -2.10. The summed E-state index contributed by atoms with van der Waals surface area (Å²) in [7, 11) is 3.16. The largest absolute Gasteiger partial charge is 0.493 e. The minimum atomic E-state index is -0.954. The van der Waals surface area contributed by atoms with Gasteiger partial charge in [-0.1, -0.05) is 6.07 Å². The van der Waals surface area contributed by atoms with Crippen molar-refractivity contribution in [2.45, 2.75) is 0 Å². The summed E-state index contributed by atoms with van der Waals surface area (Å²) in [6, 6.07) is 5.61. The van der Waals surface area contributed by atoms with E-state index in [2.05, 4.69) is 15.3 Å². The lowest BCUT2D eigenvalue weighted by atomic mass is 10.1. The van der Waals surface area contributed by atoms with E-state index >= 15 is 0 Å². The van der Waals surface area contributed by atoms with Crippen LogP contribution in [0.1, 0.15) is 0 Å². The van der Waals surface area contributed by atoms with Crippen molar-refractivity contribution >= 4 is 33.3 Å². The third-order valence-electron chi connectivity index (χ3n) is 3.47. The molecule has 0 aliphatic carbocycles. The molecule has 0 atom stereocenters. The van der Waals surface area contributed by atoms with Crippen LogP contribution in [0.4, 0.5) is 5.82 Å². The molecule has 0 aliphatic heterocycles. The number of hydrogen-bond donors (Lipinski definition) is 2. The number of methoxy groups -OCH3 is 2. The quantitative estimate of drug-likeness (QED) is 0.709. The van der Waals surface area contributed by atoms with Crippen molar-refractivity contribution in [3.8, 4) is 22.6 Å². The van der Waals surface area contributed by atoms with Crippen LogP contribution in [0.25, 0.3) is 21.3 Å². The number of benzene rings is 1. The van der Waals surface area contributed by atoms with Crippen molar-refractivity contribution in [2.75, 3.05) is 26.1 Å². The summed E-state index contributed by atoms with van der Waals surface area (Å²) in [5.41, 5.74) is 1.82. The molecule has 124 valence electrons. The summed E-state index contributed by atoms with van der Waals surface area (Å²) in [4.78, 5) is 20.0. The number of ether oxygens (including phenoxy) is 2. The Kier molecular flexibility index (Phi) is 4.48. The van der Waals surface area contributed by atoms with Gasteiger partial charge in [0.25, 0.3) is 0 Å². The molecule has 0 amide bonds. The predicted molar refractivity (Wildman–Crippen MR) is 92.1 cm³/mol. The van der Waals surface area contributed by atoms with Crippen molar-refractivity contribution in [2.24, 2.45) is 0 Å². The Morgan fingerprint density at radius 3 is 2.75 bits per heavy atom. The van der Waals surface area contributed by atoms with Crippen LogP contribution in [-0.2, 0) is 4.79 Å². The predicted octanol–water partition coefficient (Wildman–Crippen LogP) is 2.87. The van der Waals surface area contributed by atoms with E-state index in [1.807, 2.05) is 23.6 Å². The van der Waals surface area contributed by atoms with Gasteiger partial charge in [-0.25, -0.2) is 9.97 Å². The second kappa shape index (κ2) is 6.71. The Hall–Kier alpha value is -2.87. The highest BCUT2D eigenvalue weighted by Gasteiger charge is 2.15. The number of nitrogens with one attached hydrogen (secondary N) is 1. The molecule has 0 saturated heterocycles. The second-order valence-corrected chi connectivity index (χ2v) is 5.73. The Bertz CT molecular complexity index is 894. The van der Waals surface area contributed by atoms with Gasteiger partial charge in [0.1, 0.15) is 23.5 Å². The third-order valence-corrected chi connectivity index (χ3v) is 4.36. The van der Waals surface area contributed by atoms with E-state index in [0.29, 0.717) is 17.3 Å². The monoisotopic (exact) mass is 345 g/mol. The first kappa shape index (κ1) is 16.0. The zero-order chi connectivity index (χ0) is 17.1. The van der Waals surface area contributed by atoms with Gasteiger partial charge >= 0.3 is 5.97 Å². The summed E-state index contributed by atoms with van der Waals surface area (Å²) in [5, 5.41) is 14.5. The number of carboxylic acids is 1.